The molecule has 0 spiro atoms. The number of amides is 1. The van der Waals surface area contributed by atoms with Crippen LogP contribution in [0.3, 0.4) is 0 Å². The maximum atomic E-state index is 11.5. The molecule has 0 aliphatic carbocycles. The van der Waals surface area contributed by atoms with E-state index < -0.39 is 11.6 Å². The molecule has 4 N–H and O–H groups in total. The van der Waals surface area contributed by atoms with Crippen molar-refractivity contribution in [3.05, 3.63) is 12.7 Å². The van der Waals surface area contributed by atoms with E-state index in [1.807, 2.05) is 6.92 Å². The molecule has 0 aliphatic rings. The number of carbonyl (C=O) groups is 1. The topological polar surface area (TPSA) is 81.6 Å². The van der Waals surface area contributed by atoms with Crippen molar-refractivity contribution < 1.29 is 15.0 Å². The van der Waals surface area contributed by atoms with Crippen LogP contribution in [0, 0.1) is 0 Å². The highest BCUT2D eigenvalue weighted by Crippen LogP contribution is 2.09. The highest BCUT2D eigenvalue weighted by atomic mass is 16.3. The number of hydrogen-bond donors (Lipinski definition) is 4. The molecule has 0 heterocycles. The third-order valence-corrected chi connectivity index (χ3v) is 2.62. The van der Waals surface area contributed by atoms with Crippen LogP contribution in [0.25, 0.3) is 0 Å². The minimum absolute atomic E-state index is 0.181. The molecule has 1 atom stereocenters. The van der Waals surface area contributed by atoms with Crippen LogP contribution in [0.1, 0.15) is 20.3 Å². The highest BCUT2D eigenvalue weighted by molar-refractivity contribution is 5.81. The number of hydrogen-bond acceptors (Lipinski definition) is 4. The standard InChI is InChI=1S/C11H22N2O3/c1-4-6-12-10(16)9(3)13-11(5-2,7-14)8-15/h4,9,13-15H,1,5-8H2,2-3H3,(H,12,16). The summed E-state index contributed by atoms with van der Waals surface area (Å²) in [6.07, 6.45) is 2.13. The van der Waals surface area contributed by atoms with Crippen LogP contribution < -0.4 is 10.6 Å². The Bertz CT molecular complexity index is 219. The fourth-order valence-corrected chi connectivity index (χ4v) is 1.32. The van der Waals surface area contributed by atoms with Crippen molar-refractivity contribution in [3.63, 3.8) is 0 Å². The van der Waals surface area contributed by atoms with E-state index in [9.17, 15) is 15.0 Å². The Morgan fingerprint density at radius 2 is 2.06 bits per heavy atom. The minimum atomic E-state index is -0.801. The molecule has 16 heavy (non-hydrogen) atoms. The number of nitrogens with one attached hydrogen (secondary N) is 2. The fourth-order valence-electron chi connectivity index (χ4n) is 1.32. The average molecular weight is 230 g/mol. The first kappa shape index (κ1) is 15.1. The van der Waals surface area contributed by atoms with Gasteiger partial charge < -0.3 is 15.5 Å². The van der Waals surface area contributed by atoms with Gasteiger partial charge in [-0.05, 0) is 13.3 Å². The minimum Gasteiger partial charge on any atom is -0.394 e. The molecule has 94 valence electrons. The molecule has 0 rings (SSSR count). The molecule has 0 bridgehead atoms. The van der Waals surface area contributed by atoms with Crippen LogP contribution in [0.2, 0.25) is 0 Å². The second kappa shape index (κ2) is 7.38. The number of aliphatic hydroxyl groups is 2. The van der Waals surface area contributed by atoms with Gasteiger partial charge in [0.2, 0.25) is 5.91 Å². The maximum Gasteiger partial charge on any atom is 0.237 e. The molecule has 0 aromatic rings. The molecule has 0 saturated carbocycles. The molecule has 5 nitrogen and oxygen atoms in total. The summed E-state index contributed by atoms with van der Waals surface area (Å²) in [5.74, 6) is -0.181. The van der Waals surface area contributed by atoms with Crippen molar-refractivity contribution in [1.82, 2.24) is 10.6 Å². The third-order valence-electron chi connectivity index (χ3n) is 2.62. The Labute approximate surface area is 96.5 Å². The second-order valence-electron chi connectivity index (χ2n) is 3.85. The van der Waals surface area contributed by atoms with Crippen molar-refractivity contribution in [2.24, 2.45) is 0 Å². The van der Waals surface area contributed by atoms with Gasteiger partial charge in [-0.25, -0.2) is 0 Å². The summed E-state index contributed by atoms with van der Waals surface area (Å²) < 4.78 is 0. The zero-order valence-electron chi connectivity index (χ0n) is 9.99. The fraction of sp³-hybridized carbons (Fsp3) is 0.727. The van der Waals surface area contributed by atoms with Gasteiger partial charge in [0, 0.05) is 6.54 Å². The van der Waals surface area contributed by atoms with E-state index in [0.717, 1.165) is 0 Å². The summed E-state index contributed by atoms with van der Waals surface area (Å²) in [7, 11) is 0. The van der Waals surface area contributed by atoms with E-state index in [0.29, 0.717) is 13.0 Å². The predicted octanol–water partition coefficient (Wildman–Crippen LogP) is -0.600. The summed E-state index contributed by atoms with van der Waals surface area (Å²) in [5, 5.41) is 24.0. The maximum absolute atomic E-state index is 11.5. The Hall–Kier alpha value is -0.910. The molecular weight excluding hydrogens is 208 g/mol. The SMILES string of the molecule is C=CCNC(=O)C(C)NC(CC)(CO)CO. The van der Waals surface area contributed by atoms with Crippen molar-refractivity contribution >= 4 is 5.91 Å². The van der Waals surface area contributed by atoms with Gasteiger partial charge in [-0.3, -0.25) is 10.1 Å². The highest BCUT2D eigenvalue weighted by Gasteiger charge is 2.29. The molecule has 1 unspecified atom stereocenters. The number of rotatable bonds is 8. The lowest BCUT2D eigenvalue weighted by atomic mass is 9.97. The third kappa shape index (κ3) is 4.30. The quantitative estimate of drug-likeness (QED) is 0.420. The van der Waals surface area contributed by atoms with Gasteiger partial charge in [-0.2, -0.15) is 0 Å². The van der Waals surface area contributed by atoms with Gasteiger partial charge >= 0.3 is 0 Å². The number of aliphatic hydroxyl groups excluding tert-OH is 2. The smallest absolute Gasteiger partial charge is 0.237 e. The molecule has 0 aromatic carbocycles. The van der Waals surface area contributed by atoms with E-state index >= 15 is 0 Å². The first-order chi connectivity index (χ1) is 7.55. The molecular formula is C11H22N2O3. The van der Waals surface area contributed by atoms with Crippen molar-refractivity contribution in [3.8, 4) is 0 Å². The lowest BCUT2D eigenvalue weighted by Gasteiger charge is -2.32. The second-order valence-corrected chi connectivity index (χ2v) is 3.85. The summed E-state index contributed by atoms with van der Waals surface area (Å²) in [5.41, 5.74) is -0.801. The van der Waals surface area contributed by atoms with Crippen LogP contribution in [-0.2, 0) is 4.79 Å². The molecule has 0 aromatic heterocycles. The Morgan fingerprint density at radius 1 is 1.50 bits per heavy atom. The van der Waals surface area contributed by atoms with E-state index in [1.54, 1.807) is 13.0 Å². The van der Waals surface area contributed by atoms with E-state index in [2.05, 4.69) is 17.2 Å². The molecule has 0 saturated heterocycles. The lowest BCUT2D eigenvalue weighted by Crippen LogP contribution is -2.58. The Kier molecular flexibility index (Phi) is 6.96. The van der Waals surface area contributed by atoms with Crippen LogP contribution in [0.4, 0.5) is 0 Å². The molecule has 0 fully saturated rings. The molecule has 5 heteroatoms. The molecule has 0 aliphatic heterocycles. The lowest BCUT2D eigenvalue weighted by molar-refractivity contribution is -0.123. The monoisotopic (exact) mass is 230 g/mol. The van der Waals surface area contributed by atoms with Gasteiger partial charge in [0.05, 0.1) is 24.8 Å². The van der Waals surface area contributed by atoms with Gasteiger partial charge in [-0.15, -0.1) is 6.58 Å². The zero-order chi connectivity index (χ0) is 12.6. The van der Waals surface area contributed by atoms with E-state index in [4.69, 9.17) is 0 Å². The van der Waals surface area contributed by atoms with Crippen LogP contribution in [0.5, 0.6) is 0 Å². The largest absolute Gasteiger partial charge is 0.394 e. The normalized spacial score (nSPS) is 13.2. The van der Waals surface area contributed by atoms with Crippen molar-refractivity contribution in [2.75, 3.05) is 19.8 Å². The molecule has 0 radical (unpaired) electrons. The zero-order valence-corrected chi connectivity index (χ0v) is 9.99. The van der Waals surface area contributed by atoms with E-state index in [-0.39, 0.29) is 19.1 Å². The molecule has 1 amide bonds. The van der Waals surface area contributed by atoms with Gasteiger partial charge in [0.15, 0.2) is 0 Å². The van der Waals surface area contributed by atoms with Crippen LogP contribution in [0.15, 0.2) is 12.7 Å². The summed E-state index contributed by atoms with van der Waals surface area (Å²) >= 11 is 0. The Balaban J connectivity index is 4.33. The van der Waals surface area contributed by atoms with E-state index in [1.165, 1.54) is 0 Å². The van der Waals surface area contributed by atoms with Crippen LogP contribution >= 0.6 is 0 Å². The van der Waals surface area contributed by atoms with Gasteiger partial charge in [0.25, 0.3) is 0 Å². The Morgan fingerprint density at radius 3 is 2.44 bits per heavy atom. The number of carbonyl (C=O) groups excluding carboxylic acids is 1. The van der Waals surface area contributed by atoms with Crippen LogP contribution in [-0.4, -0.2) is 47.5 Å². The van der Waals surface area contributed by atoms with Crippen molar-refractivity contribution in [2.45, 2.75) is 31.8 Å². The first-order valence-corrected chi connectivity index (χ1v) is 5.43. The first-order valence-electron chi connectivity index (χ1n) is 5.43. The predicted molar refractivity (Wildman–Crippen MR) is 63.0 cm³/mol. The average Bonchev–Trinajstić information content (AvgIpc) is 2.32. The summed E-state index contributed by atoms with van der Waals surface area (Å²) in [6, 6.07) is -0.473. The van der Waals surface area contributed by atoms with Crippen molar-refractivity contribution in [1.29, 1.82) is 0 Å². The van der Waals surface area contributed by atoms with Gasteiger partial charge in [0.1, 0.15) is 0 Å². The summed E-state index contributed by atoms with van der Waals surface area (Å²) in [6.45, 7) is 7.02. The van der Waals surface area contributed by atoms with Gasteiger partial charge in [-0.1, -0.05) is 13.0 Å². The summed E-state index contributed by atoms with van der Waals surface area (Å²) in [4.78, 5) is 11.5.